The monoisotopic (exact) mass is 211 g/mol. The first-order chi connectivity index (χ1) is 7.13. The second kappa shape index (κ2) is 3.70. The second-order valence-electron chi connectivity index (χ2n) is 3.80. The lowest BCUT2D eigenvalue weighted by molar-refractivity contribution is 0.172. The zero-order chi connectivity index (χ0) is 10.9. The first kappa shape index (κ1) is 10.2. The fourth-order valence-electron chi connectivity index (χ4n) is 1.65. The molecule has 0 fully saturated rings. The number of alkyl halides is 1. The van der Waals surface area contributed by atoms with Crippen LogP contribution in [-0.2, 0) is 5.67 Å². The normalized spacial score (nSPS) is 17.5. The van der Waals surface area contributed by atoms with Gasteiger partial charge in [0.05, 0.1) is 0 Å². The van der Waals surface area contributed by atoms with Crippen molar-refractivity contribution < 1.29 is 13.9 Å². The Bertz CT molecular complexity index is 366. The number of halogens is 1. The Labute approximate surface area is 88.2 Å². The zero-order valence-corrected chi connectivity index (χ0v) is 8.84. The van der Waals surface area contributed by atoms with Crippen LogP contribution < -0.4 is 14.8 Å². The van der Waals surface area contributed by atoms with Crippen LogP contribution in [0.3, 0.4) is 0 Å². The maximum Gasteiger partial charge on any atom is 0.231 e. The van der Waals surface area contributed by atoms with Crippen LogP contribution in [0.1, 0.15) is 12.5 Å². The van der Waals surface area contributed by atoms with Crippen molar-refractivity contribution in [3.63, 3.8) is 0 Å². The van der Waals surface area contributed by atoms with Gasteiger partial charge in [0.25, 0.3) is 0 Å². The molecule has 1 aliphatic heterocycles. The van der Waals surface area contributed by atoms with Gasteiger partial charge in [-0.05, 0) is 31.7 Å². The molecule has 15 heavy (non-hydrogen) atoms. The Morgan fingerprint density at radius 1 is 1.40 bits per heavy atom. The lowest BCUT2D eigenvalue weighted by Gasteiger charge is -2.20. The minimum atomic E-state index is -1.39. The average molecular weight is 211 g/mol. The van der Waals surface area contributed by atoms with E-state index >= 15 is 0 Å². The number of rotatable bonds is 3. The van der Waals surface area contributed by atoms with Crippen LogP contribution in [0.25, 0.3) is 0 Å². The van der Waals surface area contributed by atoms with Crippen LogP contribution in [0.2, 0.25) is 0 Å². The molecule has 4 heteroatoms. The van der Waals surface area contributed by atoms with Crippen molar-refractivity contribution in [3.05, 3.63) is 23.8 Å². The molecule has 1 heterocycles. The summed E-state index contributed by atoms with van der Waals surface area (Å²) >= 11 is 0. The van der Waals surface area contributed by atoms with Gasteiger partial charge in [0, 0.05) is 6.54 Å². The number of fused-ring (bicyclic) bond motifs is 1. The van der Waals surface area contributed by atoms with E-state index in [1.54, 1.807) is 32.2 Å². The summed E-state index contributed by atoms with van der Waals surface area (Å²) in [6, 6.07) is 5.16. The summed E-state index contributed by atoms with van der Waals surface area (Å²) in [7, 11) is 1.73. The van der Waals surface area contributed by atoms with Crippen molar-refractivity contribution in [3.8, 4) is 11.5 Å². The van der Waals surface area contributed by atoms with E-state index in [1.165, 1.54) is 0 Å². The van der Waals surface area contributed by atoms with Crippen LogP contribution in [0.15, 0.2) is 18.2 Å². The van der Waals surface area contributed by atoms with Crippen molar-refractivity contribution >= 4 is 0 Å². The number of ether oxygens (including phenoxy) is 2. The Hall–Kier alpha value is -1.29. The fourth-order valence-corrected chi connectivity index (χ4v) is 1.65. The highest BCUT2D eigenvalue weighted by Gasteiger charge is 2.27. The Morgan fingerprint density at radius 3 is 2.87 bits per heavy atom. The van der Waals surface area contributed by atoms with E-state index in [0.29, 0.717) is 17.1 Å². The SMILES string of the molecule is CNCC(C)(F)c1ccc2c(c1)OCO2. The van der Waals surface area contributed by atoms with E-state index in [9.17, 15) is 4.39 Å². The zero-order valence-electron chi connectivity index (χ0n) is 8.84. The first-order valence-electron chi connectivity index (χ1n) is 4.87. The quantitative estimate of drug-likeness (QED) is 0.827. The summed E-state index contributed by atoms with van der Waals surface area (Å²) in [5.41, 5.74) is -0.795. The summed E-state index contributed by atoms with van der Waals surface area (Å²) in [5, 5.41) is 2.83. The molecule has 0 aromatic heterocycles. The third kappa shape index (κ3) is 1.90. The molecule has 0 spiro atoms. The lowest BCUT2D eigenvalue weighted by Crippen LogP contribution is -2.29. The third-order valence-electron chi connectivity index (χ3n) is 2.48. The van der Waals surface area contributed by atoms with E-state index < -0.39 is 5.67 Å². The van der Waals surface area contributed by atoms with Crippen molar-refractivity contribution in [2.24, 2.45) is 0 Å². The predicted octanol–water partition coefficient (Wildman–Crippen LogP) is 1.82. The van der Waals surface area contributed by atoms with E-state index in [4.69, 9.17) is 9.47 Å². The Morgan fingerprint density at radius 2 is 2.13 bits per heavy atom. The van der Waals surface area contributed by atoms with Crippen LogP contribution in [-0.4, -0.2) is 20.4 Å². The van der Waals surface area contributed by atoms with Crippen molar-refractivity contribution in [2.75, 3.05) is 20.4 Å². The molecular weight excluding hydrogens is 197 g/mol. The third-order valence-corrected chi connectivity index (χ3v) is 2.48. The fraction of sp³-hybridized carbons (Fsp3) is 0.455. The molecule has 0 aliphatic carbocycles. The molecule has 0 amide bonds. The lowest BCUT2D eigenvalue weighted by atomic mass is 9.97. The largest absolute Gasteiger partial charge is 0.454 e. The molecule has 2 rings (SSSR count). The molecule has 0 saturated carbocycles. The topological polar surface area (TPSA) is 30.5 Å². The highest BCUT2D eigenvalue weighted by atomic mass is 19.1. The predicted molar refractivity (Wildman–Crippen MR) is 55.0 cm³/mol. The molecule has 3 nitrogen and oxygen atoms in total. The number of likely N-dealkylation sites (N-methyl/N-ethyl adjacent to an activating group) is 1. The van der Waals surface area contributed by atoms with Crippen molar-refractivity contribution in [2.45, 2.75) is 12.6 Å². The van der Waals surface area contributed by atoms with Gasteiger partial charge in [-0.2, -0.15) is 0 Å². The summed E-state index contributed by atoms with van der Waals surface area (Å²) in [5.74, 6) is 1.30. The summed E-state index contributed by atoms with van der Waals surface area (Å²) in [4.78, 5) is 0. The van der Waals surface area contributed by atoms with Gasteiger partial charge in [-0.25, -0.2) is 4.39 Å². The van der Waals surface area contributed by atoms with Gasteiger partial charge in [0.2, 0.25) is 6.79 Å². The maximum absolute atomic E-state index is 14.1. The van der Waals surface area contributed by atoms with E-state index in [-0.39, 0.29) is 13.3 Å². The van der Waals surface area contributed by atoms with E-state index in [1.807, 2.05) is 0 Å². The minimum absolute atomic E-state index is 0.216. The number of hydrogen-bond donors (Lipinski definition) is 1. The summed E-state index contributed by atoms with van der Waals surface area (Å²) in [6.45, 7) is 2.03. The second-order valence-corrected chi connectivity index (χ2v) is 3.80. The molecule has 0 saturated heterocycles. The van der Waals surface area contributed by atoms with Crippen LogP contribution in [0.5, 0.6) is 11.5 Å². The van der Waals surface area contributed by atoms with Gasteiger partial charge in [0.15, 0.2) is 11.5 Å². The summed E-state index contributed by atoms with van der Waals surface area (Å²) < 4.78 is 24.5. The molecular formula is C11H14FNO2. The smallest absolute Gasteiger partial charge is 0.231 e. The van der Waals surface area contributed by atoms with Crippen molar-refractivity contribution in [1.29, 1.82) is 0 Å². The molecule has 0 bridgehead atoms. The molecule has 1 aliphatic rings. The molecule has 1 atom stereocenters. The van der Waals surface area contributed by atoms with Crippen LogP contribution in [0, 0.1) is 0 Å². The van der Waals surface area contributed by atoms with Gasteiger partial charge < -0.3 is 14.8 Å². The number of hydrogen-bond acceptors (Lipinski definition) is 3. The molecule has 1 aromatic carbocycles. The van der Waals surface area contributed by atoms with Crippen LogP contribution in [0.4, 0.5) is 4.39 Å². The van der Waals surface area contributed by atoms with E-state index in [2.05, 4.69) is 5.32 Å². The van der Waals surface area contributed by atoms with Gasteiger partial charge in [-0.15, -0.1) is 0 Å². The van der Waals surface area contributed by atoms with Crippen molar-refractivity contribution in [1.82, 2.24) is 5.32 Å². The molecule has 0 radical (unpaired) electrons. The van der Waals surface area contributed by atoms with Gasteiger partial charge in [0.1, 0.15) is 5.67 Å². The molecule has 82 valence electrons. The molecule has 1 N–H and O–H groups in total. The average Bonchev–Trinajstić information content (AvgIpc) is 2.63. The molecule has 1 unspecified atom stereocenters. The number of nitrogens with one attached hydrogen (secondary N) is 1. The summed E-state index contributed by atoms with van der Waals surface area (Å²) in [6.07, 6.45) is 0. The van der Waals surface area contributed by atoms with E-state index in [0.717, 1.165) is 0 Å². The standard InChI is InChI=1S/C11H14FNO2/c1-11(12,6-13-2)8-3-4-9-10(5-8)15-7-14-9/h3-5,13H,6-7H2,1-2H3. The highest BCUT2D eigenvalue weighted by Crippen LogP contribution is 2.36. The minimum Gasteiger partial charge on any atom is -0.454 e. The Balaban J connectivity index is 2.29. The van der Waals surface area contributed by atoms with Gasteiger partial charge >= 0.3 is 0 Å². The highest BCUT2D eigenvalue weighted by molar-refractivity contribution is 5.46. The van der Waals surface area contributed by atoms with Gasteiger partial charge in [-0.3, -0.25) is 0 Å². The maximum atomic E-state index is 14.1. The molecule has 1 aromatic rings. The first-order valence-corrected chi connectivity index (χ1v) is 4.87. The number of benzene rings is 1. The van der Waals surface area contributed by atoms with Gasteiger partial charge in [-0.1, -0.05) is 6.07 Å². The Kier molecular flexibility index (Phi) is 2.52. The van der Waals surface area contributed by atoms with Crippen LogP contribution >= 0.6 is 0 Å².